The van der Waals surface area contributed by atoms with E-state index in [2.05, 4.69) is 46.9 Å². The molecule has 4 aromatic rings. The van der Waals surface area contributed by atoms with Gasteiger partial charge in [0.05, 0.1) is 36.8 Å². The Morgan fingerprint density at radius 3 is 2.27 bits per heavy atom. The van der Waals surface area contributed by atoms with Crippen molar-refractivity contribution in [3.8, 4) is 0 Å². The van der Waals surface area contributed by atoms with Crippen molar-refractivity contribution in [3.63, 3.8) is 0 Å². The van der Waals surface area contributed by atoms with Crippen LogP contribution >= 0.6 is 0 Å². The Hall–Kier alpha value is -5.92. The molecule has 332 valence electrons. The zero-order valence-corrected chi connectivity index (χ0v) is 36.1. The van der Waals surface area contributed by atoms with Crippen molar-refractivity contribution >= 4 is 50.7 Å². The number of morpholine rings is 1. The number of hydrogen-bond donors (Lipinski definition) is 7. The molecule has 1 aliphatic rings. The molecule has 1 fully saturated rings. The van der Waals surface area contributed by atoms with E-state index in [1.54, 1.807) is 56.6 Å². The molecule has 1 aromatic heterocycles. The van der Waals surface area contributed by atoms with Crippen LogP contribution in [0.1, 0.15) is 64.7 Å². The molecule has 18 heteroatoms. The van der Waals surface area contributed by atoms with Crippen LogP contribution in [0.15, 0.2) is 90.1 Å². The molecule has 2 heterocycles. The Kier molecular flexibility index (Phi) is 18.6. The maximum atomic E-state index is 13.6. The lowest BCUT2D eigenvalue weighted by Gasteiger charge is -2.26. The third kappa shape index (κ3) is 15.5. The number of benzene rings is 3. The van der Waals surface area contributed by atoms with Crippen LogP contribution in [0.3, 0.4) is 0 Å². The summed E-state index contributed by atoms with van der Waals surface area (Å²) in [5, 5.41) is 8.42. The van der Waals surface area contributed by atoms with Gasteiger partial charge in [0.25, 0.3) is 15.9 Å². The molecule has 0 unspecified atom stereocenters. The highest BCUT2D eigenvalue weighted by Crippen LogP contribution is 2.29. The topological polar surface area (TPSA) is 221 Å². The van der Waals surface area contributed by atoms with Gasteiger partial charge in [0, 0.05) is 62.1 Å². The quantitative estimate of drug-likeness (QED) is 0.0320. The highest BCUT2D eigenvalue weighted by atomic mass is 32.2. The summed E-state index contributed by atoms with van der Waals surface area (Å²) in [7, 11) is -4.10. The van der Waals surface area contributed by atoms with Gasteiger partial charge in [0.1, 0.15) is 0 Å². The standard InChI is InChI=1S/C44H57N9O8S/c1-32-13-18-39(62(58,59)52-38-16-14-37(15-17-38)50-51-44(57)43(56)47-21-9-23-53-24-26-60-27-25-53)33(2)41(32)49-40(54)29-34-10-7-12-36(28-34)42(55)46-20-5-3-4-6-22-48-61-31-35-11-8-19-45-30-35/h7-8,10-19,28,30,48,50,52H,3-6,9,20-27,29,31H2,1-2H3,(H,46,55)(H,47,56)(H,49,54)(H,51,57). The molecule has 62 heavy (non-hydrogen) atoms. The third-order valence-corrected chi connectivity index (χ3v) is 11.5. The number of nitrogens with one attached hydrogen (secondary N) is 7. The number of hydrogen-bond acceptors (Lipinski definition) is 12. The number of aromatic nitrogens is 1. The summed E-state index contributed by atoms with van der Waals surface area (Å²) >= 11 is 0. The first kappa shape index (κ1) is 47.1. The van der Waals surface area contributed by atoms with E-state index in [1.807, 2.05) is 12.1 Å². The Morgan fingerprint density at radius 2 is 1.52 bits per heavy atom. The third-order valence-electron chi connectivity index (χ3n) is 9.99. The number of carbonyl (C=O) groups excluding carboxylic acids is 4. The minimum atomic E-state index is -4.10. The molecule has 0 atom stereocenters. The van der Waals surface area contributed by atoms with Crippen molar-refractivity contribution in [1.82, 2.24) is 31.4 Å². The molecule has 17 nitrogen and oxygen atoms in total. The minimum absolute atomic E-state index is 0.0232. The maximum Gasteiger partial charge on any atom is 0.327 e. The van der Waals surface area contributed by atoms with Gasteiger partial charge < -0.3 is 20.7 Å². The molecule has 0 radical (unpaired) electrons. The Morgan fingerprint density at radius 1 is 0.790 bits per heavy atom. The van der Waals surface area contributed by atoms with Crippen LogP contribution < -0.4 is 37.0 Å². The lowest BCUT2D eigenvalue weighted by atomic mass is 10.1. The normalized spacial score (nSPS) is 12.9. The number of anilines is 3. The highest BCUT2D eigenvalue weighted by Gasteiger charge is 2.22. The maximum absolute atomic E-state index is 13.6. The first-order valence-electron chi connectivity index (χ1n) is 20.8. The summed E-state index contributed by atoms with van der Waals surface area (Å²) in [6.07, 6.45) is 7.88. The summed E-state index contributed by atoms with van der Waals surface area (Å²) in [6.45, 7) is 9.35. The second kappa shape index (κ2) is 24.5. The zero-order chi connectivity index (χ0) is 44.2. The van der Waals surface area contributed by atoms with Gasteiger partial charge in [-0.2, -0.15) is 0 Å². The highest BCUT2D eigenvalue weighted by molar-refractivity contribution is 7.92. The molecule has 1 saturated heterocycles. The fourth-order valence-electron chi connectivity index (χ4n) is 6.60. The zero-order valence-electron chi connectivity index (χ0n) is 35.3. The minimum Gasteiger partial charge on any atom is -0.379 e. The predicted octanol–water partition coefficient (Wildman–Crippen LogP) is 3.97. The number of aryl methyl sites for hydroxylation is 1. The lowest BCUT2D eigenvalue weighted by molar-refractivity contribution is -0.138. The first-order valence-corrected chi connectivity index (χ1v) is 22.2. The molecule has 5 rings (SSSR count). The molecule has 1 aliphatic heterocycles. The number of ether oxygens (including phenoxy) is 1. The number of carbonyl (C=O) groups is 4. The molecule has 4 amide bonds. The van der Waals surface area contributed by atoms with Gasteiger partial charge >= 0.3 is 11.8 Å². The van der Waals surface area contributed by atoms with Gasteiger partial charge in [-0.1, -0.05) is 37.1 Å². The molecule has 0 spiro atoms. The van der Waals surface area contributed by atoms with E-state index in [4.69, 9.17) is 9.57 Å². The fraction of sp³-hybridized carbons (Fsp3) is 0.386. The molecule has 0 aliphatic carbocycles. The number of unbranched alkanes of at least 4 members (excludes halogenated alkanes) is 3. The van der Waals surface area contributed by atoms with E-state index in [0.29, 0.717) is 73.0 Å². The summed E-state index contributed by atoms with van der Waals surface area (Å²) in [6, 6.07) is 19.9. The van der Waals surface area contributed by atoms with Crippen molar-refractivity contribution < 1.29 is 37.2 Å². The summed E-state index contributed by atoms with van der Waals surface area (Å²) < 4.78 is 35.0. The van der Waals surface area contributed by atoms with Gasteiger partial charge in [-0.3, -0.25) is 49.5 Å². The second-order valence-corrected chi connectivity index (χ2v) is 16.5. The first-order chi connectivity index (χ1) is 30.0. The van der Waals surface area contributed by atoms with E-state index in [9.17, 15) is 27.6 Å². The molecule has 0 bridgehead atoms. The Labute approximate surface area is 363 Å². The number of sulfonamides is 1. The molecular formula is C44H57N9O8S. The van der Waals surface area contributed by atoms with E-state index >= 15 is 0 Å². The number of hydroxylamine groups is 1. The Balaban J connectivity index is 1.02. The van der Waals surface area contributed by atoms with Crippen LogP contribution in [-0.4, -0.2) is 94.4 Å². The van der Waals surface area contributed by atoms with Crippen molar-refractivity contribution in [3.05, 3.63) is 113 Å². The second-order valence-electron chi connectivity index (χ2n) is 14.8. The largest absolute Gasteiger partial charge is 0.379 e. The van der Waals surface area contributed by atoms with Gasteiger partial charge in [0.2, 0.25) is 5.91 Å². The number of rotatable bonds is 23. The number of pyridine rings is 1. The van der Waals surface area contributed by atoms with Gasteiger partial charge in [-0.25, -0.2) is 13.9 Å². The Bertz CT molecular complexity index is 2200. The fourth-order valence-corrected chi connectivity index (χ4v) is 7.91. The number of hydrazine groups is 1. The van der Waals surface area contributed by atoms with Gasteiger partial charge in [-0.05, 0) is 110 Å². The van der Waals surface area contributed by atoms with Crippen LogP contribution in [-0.2, 0) is 47.0 Å². The van der Waals surface area contributed by atoms with Crippen molar-refractivity contribution in [1.29, 1.82) is 0 Å². The van der Waals surface area contributed by atoms with Crippen LogP contribution in [0, 0.1) is 13.8 Å². The lowest BCUT2D eigenvalue weighted by Crippen LogP contribution is -2.43. The van der Waals surface area contributed by atoms with Crippen molar-refractivity contribution in [2.45, 2.75) is 63.9 Å². The predicted molar refractivity (Wildman–Crippen MR) is 236 cm³/mol. The van der Waals surface area contributed by atoms with Crippen molar-refractivity contribution in [2.75, 3.05) is 67.9 Å². The molecule has 7 N–H and O–H groups in total. The summed E-state index contributed by atoms with van der Waals surface area (Å²) in [4.78, 5) is 62.3. The molecular weight excluding hydrogens is 815 g/mol. The average molecular weight is 872 g/mol. The molecule has 0 saturated carbocycles. The SMILES string of the molecule is Cc1ccc(S(=O)(=O)Nc2ccc(NNC(=O)C(=O)NCCCN3CCOCC3)cc2)c(C)c1NC(=O)Cc1cccc(C(=O)NCCCCCCNOCc2cccnc2)c1. The van der Waals surface area contributed by atoms with E-state index in [1.165, 1.54) is 30.3 Å². The van der Waals surface area contributed by atoms with Crippen LogP contribution in [0.4, 0.5) is 17.1 Å². The van der Waals surface area contributed by atoms with E-state index in [-0.39, 0.29) is 28.8 Å². The van der Waals surface area contributed by atoms with E-state index < -0.39 is 21.8 Å². The molecule has 3 aromatic carbocycles. The van der Waals surface area contributed by atoms with Gasteiger partial charge in [0.15, 0.2) is 0 Å². The van der Waals surface area contributed by atoms with Crippen LogP contribution in [0.5, 0.6) is 0 Å². The van der Waals surface area contributed by atoms with Crippen LogP contribution in [0.25, 0.3) is 0 Å². The summed E-state index contributed by atoms with van der Waals surface area (Å²) in [5.74, 6) is -2.23. The van der Waals surface area contributed by atoms with Gasteiger partial charge in [-0.15, -0.1) is 0 Å². The number of amides is 4. The number of nitrogens with zero attached hydrogens (tertiary/aromatic N) is 2. The van der Waals surface area contributed by atoms with E-state index in [0.717, 1.165) is 57.4 Å². The monoisotopic (exact) mass is 871 g/mol. The average Bonchev–Trinajstić information content (AvgIpc) is 3.27. The smallest absolute Gasteiger partial charge is 0.327 e. The van der Waals surface area contributed by atoms with Crippen LogP contribution in [0.2, 0.25) is 0 Å². The summed E-state index contributed by atoms with van der Waals surface area (Å²) in [5.41, 5.74) is 12.1. The van der Waals surface area contributed by atoms with Crippen molar-refractivity contribution in [2.24, 2.45) is 0 Å².